The van der Waals surface area contributed by atoms with E-state index in [9.17, 15) is 4.79 Å². The van der Waals surface area contributed by atoms with Crippen LogP contribution in [0.1, 0.15) is 41.4 Å². The number of hydrogen-bond donors (Lipinski definition) is 0. The second-order valence-corrected chi connectivity index (χ2v) is 6.67. The van der Waals surface area contributed by atoms with Gasteiger partial charge in [-0.1, -0.05) is 6.92 Å². The Kier molecular flexibility index (Phi) is 2.02. The van der Waals surface area contributed by atoms with E-state index in [0.29, 0.717) is 0 Å². The van der Waals surface area contributed by atoms with Gasteiger partial charge in [0.05, 0.1) is 14.9 Å². The van der Waals surface area contributed by atoms with Gasteiger partial charge < -0.3 is 4.90 Å². The van der Waals surface area contributed by atoms with Gasteiger partial charge in [-0.05, 0) is 41.3 Å². The van der Waals surface area contributed by atoms with Crippen LogP contribution >= 0.6 is 27.3 Å². The molecule has 4 heteroatoms. The van der Waals surface area contributed by atoms with Crippen molar-refractivity contribution >= 4 is 33.2 Å². The van der Waals surface area contributed by atoms with Crippen molar-refractivity contribution in [1.82, 2.24) is 4.90 Å². The van der Waals surface area contributed by atoms with Crippen LogP contribution in [-0.2, 0) is 5.54 Å². The fourth-order valence-corrected chi connectivity index (χ4v) is 4.84. The average molecular weight is 286 g/mol. The molecule has 0 spiro atoms. The minimum Gasteiger partial charge on any atom is -0.328 e. The average Bonchev–Trinajstić information content (AvgIpc) is 2.83. The molecule has 15 heavy (non-hydrogen) atoms. The molecular weight excluding hydrogens is 274 g/mol. The summed E-state index contributed by atoms with van der Waals surface area (Å²) in [5.74, 6) is 0.242. The Labute approximate surface area is 101 Å². The highest BCUT2D eigenvalue weighted by atomic mass is 79.9. The van der Waals surface area contributed by atoms with Gasteiger partial charge in [0, 0.05) is 11.4 Å². The first-order chi connectivity index (χ1) is 7.19. The van der Waals surface area contributed by atoms with Gasteiger partial charge in [-0.3, -0.25) is 4.79 Å². The van der Waals surface area contributed by atoms with Crippen LogP contribution in [-0.4, -0.2) is 17.4 Å². The monoisotopic (exact) mass is 285 g/mol. The number of carbonyl (C=O) groups is 1. The van der Waals surface area contributed by atoms with E-state index in [-0.39, 0.29) is 11.4 Å². The largest absolute Gasteiger partial charge is 0.328 e. The van der Waals surface area contributed by atoms with Gasteiger partial charge in [0.25, 0.3) is 5.91 Å². The van der Waals surface area contributed by atoms with E-state index in [0.717, 1.165) is 35.2 Å². The highest BCUT2D eigenvalue weighted by Gasteiger charge is 2.52. The second kappa shape index (κ2) is 3.08. The van der Waals surface area contributed by atoms with Crippen molar-refractivity contribution in [3.8, 4) is 0 Å². The smallest absolute Gasteiger partial charge is 0.255 e. The van der Waals surface area contributed by atoms with E-state index in [1.54, 1.807) is 11.3 Å². The molecule has 1 unspecified atom stereocenters. The van der Waals surface area contributed by atoms with Crippen molar-refractivity contribution in [3.63, 3.8) is 0 Å². The molecule has 1 fully saturated rings. The van der Waals surface area contributed by atoms with Crippen LogP contribution in [0.25, 0.3) is 0 Å². The summed E-state index contributed by atoms with van der Waals surface area (Å²) in [6.07, 6.45) is 3.32. The summed E-state index contributed by atoms with van der Waals surface area (Å²) >= 11 is 5.22. The molecule has 0 aromatic carbocycles. The highest BCUT2D eigenvalue weighted by Crippen LogP contribution is 2.52. The van der Waals surface area contributed by atoms with Gasteiger partial charge in [0.15, 0.2) is 0 Å². The minimum absolute atomic E-state index is 0.0447. The molecule has 0 N–H and O–H groups in total. The summed E-state index contributed by atoms with van der Waals surface area (Å²) in [6, 6.07) is 1.98. The summed E-state index contributed by atoms with van der Waals surface area (Å²) in [6.45, 7) is 3.13. The van der Waals surface area contributed by atoms with Crippen LogP contribution in [0.5, 0.6) is 0 Å². The van der Waals surface area contributed by atoms with E-state index in [1.807, 2.05) is 6.07 Å². The van der Waals surface area contributed by atoms with Crippen LogP contribution in [0.3, 0.4) is 0 Å². The number of carbonyl (C=O) groups excluding carboxylic acids is 1. The Morgan fingerprint density at radius 2 is 2.47 bits per heavy atom. The van der Waals surface area contributed by atoms with Gasteiger partial charge in [-0.25, -0.2) is 0 Å². The zero-order valence-electron chi connectivity index (χ0n) is 8.55. The molecule has 1 atom stereocenters. The van der Waals surface area contributed by atoms with Gasteiger partial charge >= 0.3 is 0 Å². The quantitative estimate of drug-likeness (QED) is 0.775. The SMILES string of the molecule is CCC12CCCN1C(=O)c1cc(Br)sc12. The standard InChI is InChI=1S/C11H12BrNOS/c1-2-11-4-3-5-13(11)10(14)7-6-8(12)15-9(7)11/h6H,2-5H2,1H3. The number of hydrogen-bond acceptors (Lipinski definition) is 2. The number of halogens is 1. The third-order valence-electron chi connectivity index (χ3n) is 3.67. The summed E-state index contributed by atoms with van der Waals surface area (Å²) < 4.78 is 1.08. The predicted molar refractivity (Wildman–Crippen MR) is 64.3 cm³/mol. The topological polar surface area (TPSA) is 20.3 Å². The first-order valence-corrected chi connectivity index (χ1v) is 6.92. The van der Waals surface area contributed by atoms with Gasteiger partial charge in [-0.15, -0.1) is 11.3 Å². The van der Waals surface area contributed by atoms with Gasteiger partial charge in [0.2, 0.25) is 0 Å². The Balaban J connectivity index is 2.22. The second-order valence-electron chi connectivity index (χ2n) is 4.24. The summed E-state index contributed by atoms with van der Waals surface area (Å²) in [5.41, 5.74) is 0.983. The molecule has 0 bridgehead atoms. The molecule has 1 amide bonds. The molecule has 3 rings (SSSR count). The van der Waals surface area contributed by atoms with Crippen LogP contribution in [0.15, 0.2) is 9.85 Å². The Morgan fingerprint density at radius 3 is 3.20 bits per heavy atom. The van der Waals surface area contributed by atoms with Crippen LogP contribution in [0, 0.1) is 0 Å². The lowest BCUT2D eigenvalue weighted by molar-refractivity contribution is 0.0656. The van der Waals surface area contributed by atoms with Crippen LogP contribution in [0.4, 0.5) is 0 Å². The number of fused-ring (bicyclic) bond motifs is 3. The third kappa shape index (κ3) is 1.07. The molecule has 1 saturated heterocycles. The van der Waals surface area contributed by atoms with Crippen LogP contribution in [0.2, 0.25) is 0 Å². The van der Waals surface area contributed by atoms with E-state index < -0.39 is 0 Å². The number of thiophene rings is 1. The molecule has 0 aliphatic carbocycles. The predicted octanol–water partition coefficient (Wildman–Crippen LogP) is 3.37. The molecule has 1 aromatic heterocycles. The van der Waals surface area contributed by atoms with E-state index in [2.05, 4.69) is 27.8 Å². The lowest BCUT2D eigenvalue weighted by Gasteiger charge is -2.31. The lowest BCUT2D eigenvalue weighted by Crippen LogP contribution is -2.37. The van der Waals surface area contributed by atoms with Crippen molar-refractivity contribution in [3.05, 3.63) is 20.3 Å². The van der Waals surface area contributed by atoms with Gasteiger partial charge in [-0.2, -0.15) is 0 Å². The first kappa shape index (κ1) is 9.85. The third-order valence-corrected chi connectivity index (χ3v) is 5.51. The number of amides is 1. The van der Waals surface area contributed by atoms with Crippen molar-refractivity contribution in [1.29, 1.82) is 0 Å². The fourth-order valence-electron chi connectivity index (χ4n) is 2.95. The summed E-state index contributed by atoms with van der Waals surface area (Å²) in [4.78, 5) is 15.5. The molecule has 2 aliphatic heterocycles. The van der Waals surface area contributed by atoms with Crippen molar-refractivity contribution in [2.24, 2.45) is 0 Å². The molecule has 1 aromatic rings. The Morgan fingerprint density at radius 1 is 1.67 bits per heavy atom. The zero-order valence-corrected chi connectivity index (χ0v) is 10.9. The van der Waals surface area contributed by atoms with Crippen molar-refractivity contribution < 1.29 is 4.79 Å². The Bertz CT molecular complexity index is 442. The maximum Gasteiger partial charge on any atom is 0.255 e. The molecule has 0 radical (unpaired) electrons. The number of rotatable bonds is 1. The number of nitrogens with zero attached hydrogens (tertiary/aromatic N) is 1. The van der Waals surface area contributed by atoms with E-state index >= 15 is 0 Å². The van der Waals surface area contributed by atoms with E-state index in [4.69, 9.17) is 0 Å². The summed E-state index contributed by atoms with van der Waals surface area (Å²) in [5, 5.41) is 0. The normalized spacial score (nSPS) is 28.4. The van der Waals surface area contributed by atoms with Crippen molar-refractivity contribution in [2.45, 2.75) is 31.7 Å². The molecule has 80 valence electrons. The highest BCUT2D eigenvalue weighted by molar-refractivity contribution is 9.11. The zero-order chi connectivity index (χ0) is 10.6. The molecule has 2 nitrogen and oxygen atoms in total. The van der Waals surface area contributed by atoms with Crippen LogP contribution < -0.4 is 0 Å². The maximum atomic E-state index is 12.2. The fraction of sp³-hybridized carbons (Fsp3) is 0.545. The van der Waals surface area contributed by atoms with E-state index in [1.165, 1.54) is 4.88 Å². The Hall–Kier alpha value is -0.350. The molecule has 3 heterocycles. The first-order valence-electron chi connectivity index (χ1n) is 5.31. The molecule has 0 saturated carbocycles. The summed E-state index contributed by atoms with van der Waals surface area (Å²) in [7, 11) is 0. The minimum atomic E-state index is 0.0447. The van der Waals surface area contributed by atoms with Crippen molar-refractivity contribution in [2.75, 3.05) is 6.54 Å². The lowest BCUT2D eigenvalue weighted by atomic mass is 9.92. The molecule has 2 aliphatic rings. The molecular formula is C11H12BrNOS. The van der Waals surface area contributed by atoms with Gasteiger partial charge in [0.1, 0.15) is 0 Å². The maximum absolute atomic E-state index is 12.2.